The molecule has 3 aromatic rings. The van der Waals surface area contributed by atoms with Gasteiger partial charge >= 0.3 is 5.97 Å². The first-order chi connectivity index (χ1) is 17.1. The predicted octanol–water partition coefficient (Wildman–Crippen LogP) is 5.96. The third-order valence-corrected chi connectivity index (χ3v) is 8.22. The minimum atomic E-state index is -0.846. The van der Waals surface area contributed by atoms with Crippen LogP contribution in [-0.2, 0) is 14.9 Å². The molecule has 3 heterocycles. The molecule has 0 radical (unpaired) electrons. The van der Waals surface area contributed by atoms with Crippen LogP contribution >= 0.6 is 0 Å². The van der Waals surface area contributed by atoms with Crippen molar-refractivity contribution >= 4 is 5.97 Å². The van der Waals surface area contributed by atoms with E-state index in [1.54, 1.807) is 0 Å². The molecule has 0 N–H and O–H groups in total. The molecule has 3 aromatic carbocycles. The number of ether oxygens (including phenoxy) is 2. The Labute approximate surface area is 209 Å². The number of fused-ring (bicyclic) bond motifs is 3. The van der Waals surface area contributed by atoms with Crippen LogP contribution in [0.2, 0.25) is 0 Å². The molecule has 0 aliphatic carbocycles. The summed E-state index contributed by atoms with van der Waals surface area (Å²) in [6.45, 7) is 5.84. The molecule has 2 bridgehead atoms. The Morgan fingerprint density at radius 2 is 1.40 bits per heavy atom. The number of para-hydroxylation sites is 1. The second kappa shape index (κ2) is 10.2. The SMILES string of the molecule is CC(C(=O)OC1CC2CC[N+]1(CCCOc1ccccc1)CC2)(c1ccccc1)c1ccccc1. The van der Waals surface area contributed by atoms with Gasteiger partial charge in [-0.05, 0) is 36.1 Å². The Bertz CT molecular complexity index is 1050. The summed E-state index contributed by atoms with van der Waals surface area (Å²) in [4.78, 5) is 14.0. The molecule has 4 nitrogen and oxygen atoms in total. The third kappa shape index (κ3) is 4.85. The van der Waals surface area contributed by atoms with E-state index >= 15 is 0 Å². The quantitative estimate of drug-likeness (QED) is 0.220. The lowest BCUT2D eigenvalue weighted by molar-refractivity contribution is -0.984. The van der Waals surface area contributed by atoms with Gasteiger partial charge in [-0.3, -0.25) is 9.28 Å². The Balaban J connectivity index is 1.33. The minimum Gasteiger partial charge on any atom is -0.493 e. The number of carbonyl (C=O) groups excluding carboxylic acids is 1. The van der Waals surface area contributed by atoms with E-state index in [1.165, 1.54) is 12.8 Å². The molecule has 0 aromatic heterocycles. The van der Waals surface area contributed by atoms with Gasteiger partial charge in [0.1, 0.15) is 11.2 Å². The molecule has 35 heavy (non-hydrogen) atoms. The highest BCUT2D eigenvalue weighted by molar-refractivity contribution is 5.87. The molecule has 0 spiro atoms. The maximum Gasteiger partial charge on any atom is 0.325 e. The average molecular weight is 471 g/mol. The zero-order valence-corrected chi connectivity index (χ0v) is 20.6. The molecular formula is C31H36NO3+. The van der Waals surface area contributed by atoms with Gasteiger partial charge in [-0.2, -0.15) is 0 Å². The molecule has 1 atom stereocenters. The van der Waals surface area contributed by atoms with E-state index in [0.717, 1.165) is 53.8 Å². The summed E-state index contributed by atoms with van der Waals surface area (Å²) in [5, 5.41) is 0. The van der Waals surface area contributed by atoms with Gasteiger partial charge in [0.15, 0.2) is 0 Å². The van der Waals surface area contributed by atoms with Crippen LogP contribution in [0.3, 0.4) is 0 Å². The Morgan fingerprint density at radius 1 is 0.857 bits per heavy atom. The Hall–Kier alpha value is -3.11. The molecule has 0 amide bonds. The van der Waals surface area contributed by atoms with E-state index in [1.807, 2.05) is 97.9 Å². The fourth-order valence-corrected chi connectivity index (χ4v) is 5.97. The van der Waals surface area contributed by atoms with Gasteiger partial charge in [-0.15, -0.1) is 0 Å². The second-order valence-corrected chi connectivity index (χ2v) is 10.3. The Kier molecular flexibility index (Phi) is 6.92. The van der Waals surface area contributed by atoms with Crippen molar-refractivity contribution in [3.05, 3.63) is 102 Å². The number of rotatable bonds is 9. The molecule has 3 saturated heterocycles. The van der Waals surface area contributed by atoms with E-state index < -0.39 is 5.41 Å². The van der Waals surface area contributed by atoms with Crippen molar-refractivity contribution in [3.8, 4) is 5.75 Å². The summed E-state index contributed by atoms with van der Waals surface area (Å²) in [5.74, 6) is 1.42. The van der Waals surface area contributed by atoms with E-state index in [0.29, 0.717) is 12.5 Å². The molecule has 3 fully saturated rings. The molecule has 4 heteroatoms. The smallest absolute Gasteiger partial charge is 0.325 e. The largest absolute Gasteiger partial charge is 0.493 e. The van der Waals surface area contributed by atoms with Crippen LogP contribution in [0.1, 0.15) is 43.7 Å². The highest BCUT2D eigenvalue weighted by Gasteiger charge is 2.51. The van der Waals surface area contributed by atoms with Crippen LogP contribution in [0.25, 0.3) is 0 Å². The van der Waals surface area contributed by atoms with E-state index in [9.17, 15) is 4.79 Å². The van der Waals surface area contributed by atoms with E-state index in [4.69, 9.17) is 9.47 Å². The number of hydrogen-bond acceptors (Lipinski definition) is 3. The van der Waals surface area contributed by atoms with Gasteiger partial charge in [0.05, 0.1) is 26.2 Å². The fourth-order valence-electron chi connectivity index (χ4n) is 5.97. The van der Waals surface area contributed by atoms with Gasteiger partial charge in [-0.1, -0.05) is 78.9 Å². The maximum absolute atomic E-state index is 14.0. The predicted molar refractivity (Wildman–Crippen MR) is 138 cm³/mol. The molecule has 3 aliphatic heterocycles. The van der Waals surface area contributed by atoms with Crippen molar-refractivity contribution in [3.63, 3.8) is 0 Å². The van der Waals surface area contributed by atoms with Crippen molar-refractivity contribution in [2.45, 2.75) is 44.2 Å². The van der Waals surface area contributed by atoms with Crippen molar-refractivity contribution in [2.75, 3.05) is 26.2 Å². The van der Waals surface area contributed by atoms with Crippen molar-refractivity contribution in [1.82, 2.24) is 0 Å². The highest BCUT2D eigenvalue weighted by atomic mass is 16.6. The first-order valence-electron chi connectivity index (χ1n) is 13.0. The number of piperidine rings is 3. The lowest BCUT2D eigenvalue weighted by atomic mass is 9.76. The topological polar surface area (TPSA) is 35.5 Å². The number of quaternary nitrogens is 1. The van der Waals surface area contributed by atoms with Gasteiger partial charge in [0.2, 0.25) is 6.23 Å². The molecule has 6 rings (SSSR count). The zero-order chi connectivity index (χ0) is 24.1. The molecular weight excluding hydrogens is 434 g/mol. The molecule has 182 valence electrons. The summed E-state index contributed by atoms with van der Waals surface area (Å²) >= 11 is 0. The summed E-state index contributed by atoms with van der Waals surface area (Å²) in [5.41, 5.74) is 1.09. The standard InChI is InChI=1S/C31H36NO3/c1-31(26-12-5-2-6-13-26,27-14-7-3-8-15-27)30(33)35-29-24-25-18-21-32(29,22-19-25)20-11-23-34-28-16-9-4-10-17-28/h2-10,12-17,25,29H,11,18-24H2,1H3/q+1. The van der Waals surface area contributed by atoms with Crippen LogP contribution in [-0.4, -0.2) is 42.9 Å². The minimum absolute atomic E-state index is 0.0847. The fraction of sp³-hybridized carbons (Fsp3) is 0.387. The van der Waals surface area contributed by atoms with Gasteiger partial charge < -0.3 is 9.47 Å². The summed E-state index contributed by atoms with van der Waals surface area (Å²) in [6, 6.07) is 30.1. The summed E-state index contributed by atoms with van der Waals surface area (Å²) in [7, 11) is 0. The van der Waals surface area contributed by atoms with Crippen molar-refractivity contribution < 1.29 is 18.8 Å². The van der Waals surface area contributed by atoms with Gasteiger partial charge in [0.25, 0.3) is 0 Å². The maximum atomic E-state index is 14.0. The number of nitrogens with zero attached hydrogens (tertiary/aromatic N) is 1. The van der Waals surface area contributed by atoms with Crippen LogP contribution in [0.15, 0.2) is 91.0 Å². The second-order valence-electron chi connectivity index (χ2n) is 10.3. The molecule has 3 aliphatic rings. The number of hydrogen-bond donors (Lipinski definition) is 0. The molecule has 0 saturated carbocycles. The van der Waals surface area contributed by atoms with Crippen molar-refractivity contribution in [2.24, 2.45) is 5.92 Å². The van der Waals surface area contributed by atoms with Crippen LogP contribution in [0, 0.1) is 5.92 Å². The lowest BCUT2D eigenvalue weighted by Crippen LogP contribution is -2.66. The average Bonchev–Trinajstić information content (AvgIpc) is 2.93. The Morgan fingerprint density at radius 3 is 1.97 bits per heavy atom. The van der Waals surface area contributed by atoms with Crippen molar-refractivity contribution in [1.29, 1.82) is 0 Å². The highest BCUT2D eigenvalue weighted by Crippen LogP contribution is 2.41. The zero-order valence-electron chi connectivity index (χ0n) is 20.6. The summed E-state index contributed by atoms with van der Waals surface area (Å²) in [6.07, 6.45) is 4.27. The number of carbonyl (C=O) groups is 1. The molecule has 1 unspecified atom stereocenters. The monoisotopic (exact) mass is 470 g/mol. The third-order valence-electron chi connectivity index (χ3n) is 8.22. The normalized spacial score (nSPS) is 23.6. The van der Waals surface area contributed by atoms with Crippen LogP contribution in [0.5, 0.6) is 5.75 Å². The van der Waals surface area contributed by atoms with Gasteiger partial charge in [-0.25, -0.2) is 0 Å². The van der Waals surface area contributed by atoms with E-state index in [-0.39, 0.29) is 12.2 Å². The summed E-state index contributed by atoms with van der Waals surface area (Å²) < 4.78 is 13.4. The van der Waals surface area contributed by atoms with Gasteiger partial charge in [0, 0.05) is 25.7 Å². The first-order valence-corrected chi connectivity index (χ1v) is 13.0. The van der Waals surface area contributed by atoms with E-state index in [2.05, 4.69) is 0 Å². The first kappa shape index (κ1) is 23.6. The lowest BCUT2D eigenvalue weighted by Gasteiger charge is -2.53. The van der Waals surface area contributed by atoms with Crippen LogP contribution in [0.4, 0.5) is 0 Å². The number of benzene rings is 3. The van der Waals surface area contributed by atoms with Crippen LogP contribution < -0.4 is 4.74 Å². The number of esters is 1.